The highest BCUT2D eigenvalue weighted by atomic mass is 15.3. The third kappa shape index (κ3) is 4.32. The number of hydrogen-bond donors (Lipinski definition) is 4. The fraction of sp³-hybridized carbons (Fsp3) is 0. The molecule has 0 aromatic carbocycles. The van der Waals surface area contributed by atoms with Crippen LogP contribution in [-0.4, -0.2) is 0 Å². The fourth-order valence-electron chi connectivity index (χ4n) is 0.135. The lowest BCUT2D eigenvalue weighted by Crippen LogP contribution is -2.21. The van der Waals surface area contributed by atoms with Gasteiger partial charge in [0.1, 0.15) is 0 Å². The zero-order valence-corrected chi connectivity index (χ0v) is 4.15. The normalized spacial score (nSPS) is 4.50. The minimum absolute atomic E-state index is 2.09. The van der Waals surface area contributed by atoms with E-state index in [0.29, 0.717) is 0 Å². The van der Waals surface area contributed by atoms with Crippen molar-refractivity contribution in [3.05, 3.63) is 0 Å². The lowest BCUT2D eigenvalue weighted by molar-refractivity contribution is 0.831. The Balaban J connectivity index is 3.10. The van der Waals surface area contributed by atoms with Crippen molar-refractivity contribution in [1.29, 1.82) is 0 Å². The molecule has 8 heavy (non-hydrogen) atoms. The Labute approximate surface area is 47.6 Å². The summed E-state index contributed by atoms with van der Waals surface area (Å²) in [5.74, 6) is 0. The van der Waals surface area contributed by atoms with E-state index in [0.717, 1.165) is 0 Å². The molecule has 0 aliphatic heterocycles. The van der Waals surface area contributed by atoms with Crippen molar-refractivity contribution in [2.24, 2.45) is 11.5 Å². The summed E-state index contributed by atoms with van der Waals surface area (Å²) in [5, 5.41) is 0. The number of nitrogens with one attached hydrogen (secondary N) is 2. The van der Waals surface area contributed by atoms with Crippen LogP contribution >= 0.6 is 0 Å². The van der Waals surface area contributed by atoms with E-state index in [1.165, 1.54) is 0 Å². The molecule has 42 valence electrons. The average Bonchev–Trinajstić information content (AvgIpc) is 1.81. The maximum atomic E-state index is 4.77. The largest absolute Gasteiger partial charge is 0.358 e. The van der Waals surface area contributed by atoms with Gasteiger partial charge < -0.3 is 11.5 Å². The summed E-state index contributed by atoms with van der Waals surface area (Å²) in [6.45, 7) is 0. The van der Waals surface area contributed by atoms with E-state index in [9.17, 15) is 0 Å². The molecule has 0 unspecified atom stereocenters. The summed E-state index contributed by atoms with van der Waals surface area (Å²) in [5.41, 5.74) is 14.2. The van der Waals surface area contributed by atoms with Crippen molar-refractivity contribution in [3.63, 3.8) is 0 Å². The van der Waals surface area contributed by atoms with Crippen molar-refractivity contribution in [1.82, 2.24) is 10.9 Å². The van der Waals surface area contributed by atoms with Crippen LogP contribution in [-0.2, 0) is 0 Å². The fourth-order valence-corrected chi connectivity index (χ4v) is 0.135. The first-order valence-electron chi connectivity index (χ1n) is 1.83. The molecule has 4 nitrogen and oxygen atoms in total. The predicted octanol–water partition coefficient (Wildman–Crippen LogP) is -2.17. The molecule has 0 spiro atoms. The number of hydrogen-bond acceptors (Lipinski definition) is 4. The molecular weight excluding hydrogens is 104 g/mol. The summed E-state index contributed by atoms with van der Waals surface area (Å²) in [4.78, 5) is 0. The second-order valence-corrected chi connectivity index (χ2v) is 0.789. The Morgan fingerprint density at radius 2 is 1.25 bits per heavy atom. The van der Waals surface area contributed by atoms with Gasteiger partial charge in [-0.3, -0.25) is 0 Å². The Morgan fingerprint density at radius 1 is 0.875 bits per heavy atom. The number of rotatable bonds is 1. The summed E-state index contributed by atoms with van der Waals surface area (Å²) < 4.78 is 0. The topological polar surface area (TPSA) is 76.1 Å². The zero-order valence-electron chi connectivity index (χ0n) is 4.15. The molecule has 6 N–H and O–H groups in total. The van der Waals surface area contributed by atoms with Crippen LogP contribution in [0.15, 0.2) is 0 Å². The Morgan fingerprint density at radius 3 is 1.50 bits per heavy atom. The van der Waals surface area contributed by atoms with Gasteiger partial charge in [0.2, 0.25) is 0 Å². The van der Waals surface area contributed by atoms with Gasteiger partial charge in [-0.2, -0.15) is 0 Å². The summed E-state index contributed by atoms with van der Waals surface area (Å²) >= 11 is 0. The van der Waals surface area contributed by atoms with Crippen molar-refractivity contribution >= 4 is 0 Å². The number of nitrogens with two attached hydrogens (primary N) is 2. The maximum Gasteiger partial charge on any atom is 0.0486 e. The van der Waals surface area contributed by atoms with Crippen molar-refractivity contribution < 1.29 is 0 Å². The van der Waals surface area contributed by atoms with Crippen molar-refractivity contribution in [2.45, 2.75) is 0 Å². The zero-order chi connectivity index (χ0) is 6.24. The quantitative estimate of drug-likeness (QED) is 0.134. The molecule has 0 saturated heterocycles. The summed E-state index contributed by atoms with van der Waals surface area (Å²) in [7, 11) is 0. The Bertz CT molecular complexity index is 132. The van der Waals surface area contributed by atoms with Gasteiger partial charge in [0.15, 0.2) is 0 Å². The monoisotopic (exact) mass is 110 g/mol. The summed E-state index contributed by atoms with van der Waals surface area (Å²) in [6.07, 6.45) is 0. The molecule has 0 bridgehead atoms. The van der Waals surface area contributed by atoms with Crippen LogP contribution in [0.3, 0.4) is 0 Å². The van der Waals surface area contributed by atoms with E-state index < -0.39 is 0 Å². The van der Waals surface area contributed by atoms with Crippen LogP contribution < -0.4 is 22.3 Å². The average molecular weight is 110 g/mol. The van der Waals surface area contributed by atoms with Crippen molar-refractivity contribution in [3.8, 4) is 24.2 Å². The molecule has 4 heteroatoms. The van der Waals surface area contributed by atoms with Crippen LogP contribution in [0, 0.1) is 24.2 Å². The third-order valence-corrected chi connectivity index (χ3v) is 0.332. The molecule has 0 saturated carbocycles. The van der Waals surface area contributed by atoms with Gasteiger partial charge in [-0.15, -0.1) is 0 Å². The minimum atomic E-state index is 2.09. The molecule has 0 atom stereocenters. The first kappa shape index (κ1) is 6.32. The van der Waals surface area contributed by atoms with Crippen LogP contribution in [0.5, 0.6) is 0 Å². The van der Waals surface area contributed by atoms with Crippen LogP contribution in [0.4, 0.5) is 0 Å². The van der Waals surface area contributed by atoms with Crippen LogP contribution in [0.1, 0.15) is 0 Å². The predicted molar refractivity (Wildman–Crippen MR) is 30.2 cm³/mol. The Hall–Kier alpha value is -1.68. The highest BCUT2D eigenvalue weighted by Crippen LogP contribution is 1.34. The molecule has 0 aliphatic rings. The van der Waals surface area contributed by atoms with Gasteiger partial charge in [-0.25, -0.2) is 10.9 Å². The van der Waals surface area contributed by atoms with Crippen molar-refractivity contribution in [2.75, 3.05) is 0 Å². The first-order valence-corrected chi connectivity index (χ1v) is 1.83. The van der Waals surface area contributed by atoms with E-state index in [4.69, 9.17) is 11.5 Å². The maximum absolute atomic E-state index is 4.77. The standard InChI is InChI=1S/C4H6N4/c5-1-3-7-8-4-2-6/h7-8H,5-6H2. The number of hydrazine groups is 1. The first-order chi connectivity index (χ1) is 3.91. The molecule has 0 aromatic heterocycles. The Kier molecular flexibility index (Phi) is 4.20. The SMILES string of the molecule is NC#CNNC#CN. The van der Waals surface area contributed by atoms with Gasteiger partial charge in [-0.05, 0) is 0 Å². The van der Waals surface area contributed by atoms with E-state index in [1.54, 1.807) is 0 Å². The second kappa shape index (κ2) is 5.32. The minimum Gasteiger partial charge on any atom is -0.358 e. The van der Waals surface area contributed by atoms with Crippen LogP contribution in [0.2, 0.25) is 0 Å². The highest BCUT2D eigenvalue weighted by molar-refractivity contribution is 4.95. The smallest absolute Gasteiger partial charge is 0.0486 e. The van der Waals surface area contributed by atoms with Crippen LogP contribution in [0.25, 0.3) is 0 Å². The van der Waals surface area contributed by atoms with Gasteiger partial charge in [0, 0.05) is 24.2 Å². The molecule has 0 heterocycles. The van der Waals surface area contributed by atoms with E-state index >= 15 is 0 Å². The van der Waals surface area contributed by atoms with Gasteiger partial charge in [0.25, 0.3) is 0 Å². The highest BCUT2D eigenvalue weighted by Gasteiger charge is 1.58. The lowest BCUT2D eigenvalue weighted by atomic mass is 11.0. The molecule has 0 radical (unpaired) electrons. The third-order valence-electron chi connectivity index (χ3n) is 0.332. The lowest BCUT2D eigenvalue weighted by Gasteiger charge is -1.86. The molecule has 0 amide bonds. The van der Waals surface area contributed by atoms with E-state index in [-0.39, 0.29) is 0 Å². The molecular formula is C4H6N4. The van der Waals surface area contributed by atoms with E-state index in [1.807, 2.05) is 0 Å². The molecule has 0 aromatic rings. The van der Waals surface area contributed by atoms with E-state index in [2.05, 4.69) is 35.0 Å². The molecule has 0 fully saturated rings. The van der Waals surface area contributed by atoms with Gasteiger partial charge >= 0.3 is 0 Å². The molecule has 0 aliphatic carbocycles. The second-order valence-electron chi connectivity index (χ2n) is 0.789. The summed E-state index contributed by atoms with van der Waals surface area (Å²) in [6, 6.07) is 8.77. The van der Waals surface area contributed by atoms with Gasteiger partial charge in [0.05, 0.1) is 0 Å². The van der Waals surface area contributed by atoms with Gasteiger partial charge in [-0.1, -0.05) is 0 Å². The molecule has 0 rings (SSSR count).